The number of likely N-dealkylation sites (tertiary alicyclic amines) is 1. The summed E-state index contributed by atoms with van der Waals surface area (Å²) in [7, 11) is 1.63. The van der Waals surface area contributed by atoms with E-state index in [0.29, 0.717) is 10.0 Å². The number of hydrogen-bond donors (Lipinski definition) is 1. The highest BCUT2D eigenvalue weighted by Gasteiger charge is 2.19. The number of nitrogens with one attached hydrogen (secondary N) is 1. The van der Waals surface area contributed by atoms with Gasteiger partial charge in [-0.15, -0.1) is 22.7 Å². The molecule has 6 nitrogen and oxygen atoms in total. The van der Waals surface area contributed by atoms with Crippen molar-refractivity contribution >= 4 is 55.5 Å². The van der Waals surface area contributed by atoms with Crippen molar-refractivity contribution in [3.05, 3.63) is 31.9 Å². The molecular weight excluding hydrogens is 448 g/mol. The molecule has 1 aliphatic heterocycles. The molecule has 1 N–H and O–H groups in total. The Morgan fingerprint density at radius 2 is 2.11 bits per heavy atom. The maximum atomic E-state index is 12.3. The zero-order chi connectivity index (χ0) is 19.4. The lowest BCUT2D eigenvalue weighted by atomic mass is 9.99. The van der Waals surface area contributed by atoms with Crippen LogP contribution in [0, 0.1) is 5.92 Å². The molecule has 0 radical (unpaired) electrons. The molecule has 1 aliphatic rings. The van der Waals surface area contributed by atoms with Gasteiger partial charge in [0.1, 0.15) is 0 Å². The fourth-order valence-corrected chi connectivity index (χ4v) is 5.05. The number of hydrogen-bond acceptors (Lipinski definition) is 6. The zero-order valence-corrected chi connectivity index (χ0v) is 18.6. The third kappa shape index (κ3) is 5.84. The van der Waals surface area contributed by atoms with Gasteiger partial charge in [-0.2, -0.15) is 0 Å². The SMILES string of the molecule is CC1CCN(Cc2csc(NC(=O)CN(C)C(=O)c3ccc(Br)s3)n2)CC1. The lowest BCUT2D eigenvalue weighted by molar-refractivity contribution is -0.116. The van der Waals surface area contributed by atoms with E-state index in [-0.39, 0.29) is 18.4 Å². The van der Waals surface area contributed by atoms with Crippen LogP contribution in [0.3, 0.4) is 0 Å². The summed E-state index contributed by atoms with van der Waals surface area (Å²) in [4.78, 5) is 33.5. The van der Waals surface area contributed by atoms with Gasteiger partial charge < -0.3 is 10.2 Å². The van der Waals surface area contributed by atoms with E-state index in [9.17, 15) is 9.59 Å². The van der Waals surface area contributed by atoms with Crippen molar-refractivity contribution in [1.82, 2.24) is 14.8 Å². The number of aromatic nitrogens is 1. The standard InChI is InChI=1S/C18H23BrN4O2S2/c1-12-5-7-23(8-6-12)9-13-11-26-18(20-13)21-16(24)10-22(2)17(25)14-3-4-15(19)27-14/h3-4,11-12H,5-10H2,1-2H3,(H,20,21,24). The van der Waals surface area contributed by atoms with Crippen LogP contribution in [0.4, 0.5) is 5.13 Å². The number of thiazole rings is 1. The third-order valence-electron chi connectivity index (χ3n) is 4.57. The first-order valence-electron chi connectivity index (χ1n) is 8.88. The van der Waals surface area contributed by atoms with Gasteiger partial charge in [-0.1, -0.05) is 6.92 Å². The summed E-state index contributed by atoms with van der Waals surface area (Å²) in [5, 5.41) is 5.37. The maximum Gasteiger partial charge on any atom is 0.264 e. The topological polar surface area (TPSA) is 65.5 Å². The van der Waals surface area contributed by atoms with E-state index in [0.717, 1.165) is 35.0 Å². The molecule has 146 valence electrons. The summed E-state index contributed by atoms with van der Waals surface area (Å²) in [6.45, 7) is 5.32. The number of anilines is 1. The molecule has 2 aromatic rings. The predicted molar refractivity (Wildman–Crippen MR) is 113 cm³/mol. The van der Waals surface area contributed by atoms with Crippen LogP contribution in [0.15, 0.2) is 21.3 Å². The normalized spacial score (nSPS) is 15.7. The summed E-state index contributed by atoms with van der Waals surface area (Å²) in [6.07, 6.45) is 2.46. The molecule has 27 heavy (non-hydrogen) atoms. The summed E-state index contributed by atoms with van der Waals surface area (Å²) in [5.74, 6) is 0.399. The molecule has 0 spiro atoms. The first-order valence-corrected chi connectivity index (χ1v) is 11.4. The summed E-state index contributed by atoms with van der Waals surface area (Å²) < 4.78 is 0.891. The Kier molecular flexibility index (Phi) is 7.02. The molecule has 0 aromatic carbocycles. The third-order valence-corrected chi connectivity index (χ3v) is 6.99. The predicted octanol–water partition coefficient (Wildman–Crippen LogP) is 3.91. The molecule has 1 saturated heterocycles. The van der Waals surface area contributed by atoms with Crippen molar-refractivity contribution in [2.45, 2.75) is 26.3 Å². The van der Waals surface area contributed by atoms with E-state index in [1.807, 2.05) is 11.4 Å². The Balaban J connectivity index is 1.48. The minimum Gasteiger partial charge on any atom is -0.332 e. The van der Waals surface area contributed by atoms with E-state index in [1.54, 1.807) is 13.1 Å². The van der Waals surface area contributed by atoms with Gasteiger partial charge >= 0.3 is 0 Å². The van der Waals surface area contributed by atoms with Gasteiger partial charge in [0.2, 0.25) is 5.91 Å². The second-order valence-electron chi connectivity index (χ2n) is 6.92. The monoisotopic (exact) mass is 470 g/mol. The van der Waals surface area contributed by atoms with Crippen LogP contribution in [0.5, 0.6) is 0 Å². The Morgan fingerprint density at radius 1 is 1.37 bits per heavy atom. The number of rotatable bonds is 6. The average Bonchev–Trinajstić information content (AvgIpc) is 3.25. The van der Waals surface area contributed by atoms with Crippen LogP contribution < -0.4 is 5.32 Å². The van der Waals surface area contributed by atoms with E-state index in [2.05, 4.69) is 38.1 Å². The lowest BCUT2D eigenvalue weighted by Gasteiger charge is -2.29. The molecule has 3 rings (SSSR count). The van der Waals surface area contributed by atoms with Gasteiger partial charge in [-0.05, 0) is 59.9 Å². The number of thiophene rings is 1. The number of piperidine rings is 1. The molecule has 2 amide bonds. The first kappa shape index (κ1) is 20.4. The van der Waals surface area contributed by atoms with Crippen molar-refractivity contribution in [2.75, 3.05) is 32.0 Å². The van der Waals surface area contributed by atoms with Gasteiger partial charge in [0.05, 0.1) is 20.9 Å². The highest BCUT2D eigenvalue weighted by Crippen LogP contribution is 2.23. The first-order chi connectivity index (χ1) is 12.9. The molecule has 9 heteroatoms. The fourth-order valence-electron chi connectivity index (χ4n) is 2.95. The molecular formula is C18H23BrN4O2S2. The average molecular weight is 471 g/mol. The Hall–Kier alpha value is -1.29. The zero-order valence-electron chi connectivity index (χ0n) is 15.4. The number of nitrogens with zero attached hydrogens (tertiary/aromatic N) is 3. The number of likely N-dealkylation sites (N-methyl/N-ethyl adjacent to an activating group) is 1. The Bertz CT molecular complexity index is 799. The minimum atomic E-state index is -0.242. The highest BCUT2D eigenvalue weighted by molar-refractivity contribution is 9.11. The van der Waals surface area contributed by atoms with E-state index in [1.165, 1.54) is 40.4 Å². The van der Waals surface area contributed by atoms with Crippen LogP contribution in [0.1, 0.15) is 35.1 Å². The molecule has 2 aromatic heterocycles. The van der Waals surface area contributed by atoms with Gasteiger partial charge in [0.25, 0.3) is 5.91 Å². The number of carbonyl (C=O) groups is 2. The van der Waals surface area contributed by atoms with E-state index in [4.69, 9.17) is 0 Å². The van der Waals surface area contributed by atoms with Gasteiger partial charge in [-0.3, -0.25) is 14.5 Å². The Labute approximate surface area is 175 Å². The quantitative estimate of drug-likeness (QED) is 0.694. The van der Waals surface area contributed by atoms with Crippen LogP contribution in [0.2, 0.25) is 0 Å². The van der Waals surface area contributed by atoms with Gasteiger partial charge in [0.15, 0.2) is 5.13 Å². The summed E-state index contributed by atoms with van der Waals surface area (Å²) in [5.41, 5.74) is 0.984. The van der Waals surface area contributed by atoms with Crippen molar-refractivity contribution < 1.29 is 9.59 Å². The van der Waals surface area contributed by atoms with Crippen molar-refractivity contribution in [1.29, 1.82) is 0 Å². The van der Waals surface area contributed by atoms with Crippen LogP contribution in [-0.2, 0) is 11.3 Å². The molecule has 0 atom stereocenters. The van der Waals surface area contributed by atoms with Crippen molar-refractivity contribution in [3.63, 3.8) is 0 Å². The second kappa shape index (κ2) is 9.27. The van der Waals surface area contributed by atoms with Gasteiger partial charge in [-0.25, -0.2) is 4.98 Å². The van der Waals surface area contributed by atoms with E-state index >= 15 is 0 Å². The molecule has 0 unspecified atom stereocenters. The van der Waals surface area contributed by atoms with Crippen molar-refractivity contribution in [3.8, 4) is 0 Å². The second-order valence-corrected chi connectivity index (χ2v) is 10.2. The highest BCUT2D eigenvalue weighted by atomic mass is 79.9. The lowest BCUT2D eigenvalue weighted by Crippen LogP contribution is -2.34. The fraction of sp³-hybridized carbons (Fsp3) is 0.500. The number of halogens is 1. The van der Waals surface area contributed by atoms with E-state index < -0.39 is 0 Å². The van der Waals surface area contributed by atoms with Crippen LogP contribution in [-0.4, -0.2) is 53.3 Å². The minimum absolute atomic E-state index is 0.00667. The van der Waals surface area contributed by atoms with Gasteiger partial charge in [0, 0.05) is 19.0 Å². The van der Waals surface area contributed by atoms with Crippen LogP contribution in [0.25, 0.3) is 0 Å². The number of carbonyl (C=O) groups excluding carboxylic acids is 2. The Morgan fingerprint density at radius 3 is 2.78 bits per heavy atom. The summed E-state index contributed by atoms with van der Waals surface area (Å²) in [6, 6.07) is 3.58. The molecule has 1 fully saturated rings. The number of amides is 2. The maximum absolute atomic E-state index is 12.3. The molecule has 0 saturated carbocycles. The van der Waals surface area contributed by atoms with Crippen LogP contribution >= 0.6 is 38.6 Å². The molecule has 0 bridgehead atoms. The largest absolute Gasteiger partial charge is 0.332 e. The molecule has 0 aliphatic carbocycles. The molecule has 3 heterocycles. The smallest absolute Gasteiger partial charge is 0.264 e. The van der Waals surface area contributed by atoms with Crippen molar-refractivity contribution in [2.24, 2.45) is 5.92 Å². The summed E-state index contributed by atoms with van der Waals surface area (Å²) >= 11 is 6.12.